The average Bonchev–Trinajstić information content (AvgIpc) is 2.92. The second-order valence-corrected chi connectivity index (χ2v) is 6.86. The van der Waals surface area contributed by atoms with Crippen LogP contribution in [0.2, 0.25) is 0 Å². The molecule has 1 fully saturated rings. The van der Waals surface area contributed by atoms with Crippen LogP contribution in [0.3, 0.4) is 0 Å². The van der Waals surface area contributed by atoms with Crippen LogP contribution >= 0.6 is 0 Å². The highest BCUT2D eigenvalue weighted by molar-refractivity contribution is 6.26. The monoisotopic (exact) mass is 400 g/mol. The molecule has 0 unspecified atom stereocenters. The topological polar surface area (TPSA) is 111 Å². The minimum atomic E-state index is -5.08. The molecular formula is C18H23F3N4O3. The van der Waals surface area contributed by atoms with Crippen LogP contribution in [0, 0.1) is 6.92 Å². The van der Waals surface area contributed by atoms with Crippen LogP contribution in [0.4, 0.5) is 13.2 Å². The molecule has 2 aliphatic carbocycles. The molecule has 0 aliphatic heterocycles. The van der Waals surface area contributed by atoms with Crippen LogP contribution < -0.4 is 5.73 Å². The lowest BCUT2D eigenvalue weighted by molar-refractivity contribution is -0.192. The molecule has 1 heterocycles. The fourth-order valence-electron chi connectivity index (χ4n) is 3.19. The Morgan fingerprint density at radius 1 is 1.25 bits per heavy atom. The van der Waals surface area contributed by atoms with E-state index in [0.717, 1.165) is 30.0 Å². The van der Waals surface area contributed by atoms with E-state index in [9.17, 15) is 18.0 Å². The first-order valence-electron chi connectivity index (χ1n) is 8.88. The van der Waals surface area contributed by atoms with Crippen LogP contribution in [0.25, 0.3) is 0 Å². The van der Waals surface area contributed by atoms with Gasteiger partial charge in [0.25, 0.3) is 0 Å². The maximum atomic E-state index is 12.4. The van der Waals surface area contributed by atoms with Gasteiger partial charge >= 0.3 is 12.1 Å². The molecule has 10 heteroatoms. The molecule has 1 aromatic rings. The smallest absolute Gasteiger partial charge is 0.475 e. The van der Waals surface area contributed by atoms with Crippen molar-refractivity contribution in [1.29, 1.82) is 0 Å². The van der Waals surface area contributed by atoms with Crippen molar-refractivity contribution in [3.8, 4) is 0 Å². The SMILES string of the molecule is CC1=C(N)C(=O)c2c(nc(C)n2C)C1=NC1CCCCC1.O=C(O)C(F)(F)F. The summed E-state index contributed by atoms with van der Waals surface area (Å²) in [4.78, 5) is 30.8. The number of halogens is 3. The number of aromatic nitrogens is 2. The van der Waals surface area contributed by atoms with E-state index >= 15 is 0 Å². The Bertz CT molecular complexity index is 847. The van der Waals surface area contributed by atoms with Gasteiger partial charge in [0.05, 0.1) is 17.5 Å². The molecule has 0 aromatic carbocycles. The zero-order valence-corrected chi connectivity index (χ0v) is 15.9. The number of aryl methyl sites for hydroxylation is 1. The van der Waals surface area contributed by atoms with E-state index in [-0.39, 0.29) is 5.78 Å². The van der Waals surface area contributed by atoms with Crippen LogP contribution in [0.15, 0.2) is 16.3 Å². The van der Waals surface area contributed by atoms with Gasteiger partial charge in [0.15, 0.2) is 0 Å². The number of allylic oxidation sites excluding steroid dienone is 2. The quantitative estimate of drug-likeness (QED) is 0.753. The van der Waals surface area contributed by atoms with E-state index in [0.29, 0.717) is 23.1 Å². The van der Waals surface area contributed by atoms with Crippen molar-refractivity contribution in [3.63, 3.8) is 0 Å². The van der Waals surface area contributed by atoms with Gasteiger partial charge in [0.1, 0.15) is 17.2 Å². The van der Waals surface area contributed by atoms with Crippen molar-refractivity contribution in [3.05, 3.63) is 28.5 Å². The normalized spacial score (nSPS) is 19.4. The Morgan fingerprint density at radius 3 is 2.29 bits per heavy atom. The zero-order valence-electron chi connectivity index (χ0n) is 15.9. The van der Waals surface area contributed by atoms with Gasteiger partial charge in [-0.15, -0.1) is 0 Å². The van der Waals surface area contributed by atoms with Gasteiger partial charge in [-0.3, -0.25) is 9.79 Å². The zero-order chi connectivity index (χ0) is 21.2. The number of carboxylic acid groups (broad SMARTS) is 1. The lowest BCUT2D eigenvalue weighted by atomic mass is 9.92. The molecule has 3 N–H and O–H groups in total. The maximum absolute atomic E-state index is 12.4. The van der Waals surface area contributed by atoms with Crippen molar-refractivity contribution in [2.45, 2.75) is 58.2 Å². The van der Waals surface area contributed by atoms with Gasteiger partial charge in [0, 0.05) is 12.6 Å². The van der Waals surface area contributed by atoms with Gasteiger partial charge < -0.3 is 15.4 Å². The maximum Gasteiger partial charge on any atom is 0.490 e. The summed E-state index contributed by atoms with van der Waals surface area (Å²) in [5.74, 6) is -2.08. The van der Waals surface area contributed by atoms with E-state index in [1.807, 2.05) is 25.5 Å². The number of nitrogens with zero attached hydrogens (tertiary/aromatic N) is 3. The fourth-order valence-corrected chi connectivity index (χ4v) is 3.19. The summed E-state index contributed by atoms with van der Waals surface area (Å²) in [7, 11) is 1.85. The van der Waals surface area contributed by atoms with Gasteiger partial charge in [-0.2, -0.15) is 13.2 Å². The van der Waals surface area contributed by atoms with Crippen LogP contribution in [0.1, 0.15) is 61.0 Å². The average molecular weight is 400 g/mol. The Hall–Kier alpha value is -2.65. The second-order valence-electron chi connectivity index (χ2n) is 6.86. The number of nitrogens with two attached hydrogens (primary N) is 1. The molecule has 0 saturated heterocycles. The molecule has 0 radical (unpaired) electrons. The van der Waals surface area contributed by atoms with Gasteiger partial charge in [0.2, 0.25) is 5.78 Å². The summed E-state index contributed by atoms with van der Waals surface area (Å²) in [6, 6.07) is 0.333. The molecule has 2 aliphatic rings. The number of imidazole rings is 1. The Kier molecular flexibility index (Phi) is 6.30. The molecule has 0 amide bonds. The fraction of sp³-hybridized carbons (Fsp3) is 0.556. The number of fused-ring (bicyclic) bond motifs is 1. The predicted molar refractivity (Wildman–Crippen MR) is 96.3 cm³/mol. The Balaban J connectivity index is 0.000000345. The standard InChI is InChI=1S/C16H22N4O.C2HF3O2/c1-9-12(17)16(21)15-14(18-10(2)20(15)3)13(9)19-11-7-5-4-6-8-11;3-2(4,5)1(6)7/h11H,4-8,17H2,1-3H3;(H,6,7). The van der Waals surface area contributed by atoms with E-state index in [1.54, 1.807) is 0 Å². The number of rotatable bonds is 1. The van der Waals surface area contributed by atoms with Gasteiger partial charge in [-0.1, -0.05) is 19.3 Å². The number of ketones is 1. The van der Waals surface area contributed by atoms with Crippen molar-refractivity contribution >= 4 is 17.5 Å². The van der Waals surface area contributed by atoms with E-state index < -0.39 is 12.1 Å². The van der Waals surface area contributed by atoms with E-state index in [4.69, 9.17) is 20.6 Å². The number of Topliss-reactive ketones (excluding diaryl/α,β-unsaturated/α-hetero) is 1. The first kappa shape index (κ1) is 21.6. The molecule has 154 valence electrons. The van der Waals surface area contributed by atoms with E-state index in [2.05, 4.69) is 4.98 Å². The van der Waals surface area contributed by atoms with Crippen LogP contribution in [0.5, 0.6) is 0 Å². The number of hydrogen-bond acceptors (Lipinski definition) is 5. The number of aliphatic carboxylic acids is 1. The largest absolute Gasteiger partial charge is 0.490 e. The lowest BCUT2D eigenvalue weighted by Crippen LogP contribution is -2.28. The first-order chi connectivity index (χ1) is 12.9. The predicted octanol–water partition coefficient (Wildman–Crippen LogP) is 2.91. The molecular weight excluding hydrogens is 377 g/mol. The van der Waals surface area contributed by atoms with Crippen molar-refractivity contribution in [2.75, 3.05) is 0 Å². The van der Waals surface area contributed by atoms with Crippen LogP contribution in [-0.4, -0.2) is 44.3 Å². The highest BCUT2D eigenvalue weighted by Gasteiger charge is 2.38. The number of hydrogen-bond donors (Lipinski definition) is 2. The molecule has 1 aromatic heterocycles. The summed E-state index contributed by atoms with van der Waals surface area (Å²) in [6.07, 6.45) is 0.905. The molecule has 1 saturated carbocycles. The number of carbonyl (C=O) groups excluding carboxylic acids is 1. The van der Waals surface area contributed by atoms with Gasteiger partial charge in [-0.25, -0.2) is 9.78 Å². The second kappa shape index (κ2) is 8.15. The van der Waals surface area contributed by atoms with Crippen molar-refractivity contribution in [1.82, 2.24) is 9.55 Å². The highest BCUT2D eigenvalue weighted by atomic mass is 19.4. The third-order valence-electron chi connectivity index (χ3n) is 4.89. The molecule has 0 spiro atoms. The summed E-state index contributed by atoms with van der Waals surface area (Å²) in [5, 5.41) is 7.12. The first-order valence-corrected chi connectivity index (χ1v) is 8.88. The van der Waals surface area contributed by atoms with Crippen LogP contribution in [-0.2, 0) is 11.8 Å². The molecule has 3 rings (SSSR count). The summed E-state index contributed by atoms with van der Waals surface area (Å²) < 4.78 is 33.5. The molecule has 7 nitrogen and oxygen atoms in total. The number of aliphatic imine (C=N–C) groups is 1. The Morgan fingerprint density at radius 2 is 1.79 bits per heavy atom. The number of alkyl halides is 3. The molecule has 0 atom stereocenters. The highest BCUT2D eigenvalue weighted by Crippen LogP contribution is 2.27. The van der Waals surface area contributed by atoms with E-state index in [1.165, 1.54) is 19.3 Å². The third kappa shape index (κ3) is 4.42. The van der Waals surface area contributed by atoms with Crippen molar-refractivity contribution in [2.24, 2.45) is 17.8 Å². The number of carboxylic acids is 1. The van der Waals surface area contributed by atoms with Gasteiger partial charge in [-0.05, 0) is 26.7 Å². The Labute approximate surface area is 160 Å². The minimum absolute atomic E-state index is 0.131. The summed E-state index contributed by atoms with van der Waals surface area (Å²) >= 11 is 0. The number of carbonyl (C=O) groups is 2. The molecule has 0 bridgehead atoms. The minimum Gasteiger partial charge on any atom is -0.475 e. The molecule has 28 heavy (non-hydrogen) atoms. The third-order valence-corrected chi connectivity index (χ3v) is 4.89. The summed E-state index contributed by atoms with van der Waals surface area (Å²) in [5.41, 5.74) is 9.20. The van der Waals surface area contributed by atoms with Crippen molar-refractivity contribution < 1.29 is 27.9 Å². The lowest BCUT2D eigenvalue weighted by Gasteiger charge is -2.22. The summed E-state index contributed by atoms with van der Waals surface area (Å²) in [6.45, 7) is 3.77.